The standard InChI is InChI=1S/C10H16/c1-2-8-6-10(8)4-3-9-5-7(1)9/h7-10H,1-6H2/t7-,8-,9-,10-/m0/s1. The average Bonchev–Trinajstić information content (AvgIpc) is 2.70. The van der Waals surface area contributed by atoms with E-state index in [-0.39, 0.29) is 0 Å². The second-order valence-electron chi connectivity index (χ2n) is 4.67. The molecule has 0 heteroatoms. The van der Waals surface area contributed by atoms with E-state index in [0.717, 1.165) is 0 Å². The Morgan fingerprint density at radius 2 is 0.800 bits per heavy atom. The molecule has 0 bridgehead atoms. The molecule has 0 nitrogen and oxygen atoms in total. The number of rotatable bonds is 0. The summed E-state index contributed by atoms with van der Waals surface area (Å²) in [6.07, 6.45) is 9.55. The topological polar surface area (TPSA) is 0 Å². The highest BCUT2D eigenvalue weighted by atomic mass is 14.5. The summed E-state index contributed by atoms with van der Waals surface area (Å²) in [5.41, 5.74) is 0. The second-order valence-corrected chi connectivity index (χ2v) is 4.67. The van der Waals surface area contributed by atoms with Crippen LogP contribution < -0.4 is 0 Å². The van der Waals surface area contributed by atoms with E-state index in [1.165, 1.54) is 23.7 Å². The van der Waals surface area contributed by atoms with Gasteiger partial charge in [0.15, 0.2) is 0 Å². The van der Waals surface area contributed by atoms with Crippen LogP contribution in [0.15, 0.2) is 0 Å². The van der Waals surface area contributed by atoms with Gasteiger partial charge in [0.25, 0.3) is 0 Å². The Balaban J connectivity index is 1.67. The Kier molecular flexibility index (Phi) is 1.00. The van der Waals surface area contributed by atoms with Crippen LogP contribution in [0.25, 0.3) is 0 Å². The number of hydrogen-bond acceptors (Lipinski definition) is 0. The van der Waals surface area contributed by atoms with Gasteiger partial charge in [-0.2, -0.15) is 0 Å². The fourth-order valence-electron chi connectivity index (χ4n) is 2.89. The van der Waals surface area contributed by atoms with Gasteiger partial charge in [-0.3, -0.25) is 0 Å². The summed E-state index contributed by atoms with van der Waals surface area (Å²) in [5, 5.41) is 0. The van der Waals surface area contributed by atoms with Crippen molar-refractivity contribution in [1.82, 2.24) is 0 Å². The molecule has 3 rings (SSSR count). The predicted molar refractivity (Wildman–Crippen MR) is 41.7 cm³/mol. The lowest BCUT2D eigenvalue weighted by molar-refractivity contribution is 0.468. The molecule has 3 fully saturated rings. The fourth-order valence-corrected chi connectivity index (χ4v) is 2.89. The minimum absolute atomic E-state index is 1.20. The van der Waals surface area contributed by atoms with Crippen LogP contribution in [0, 0.1) is 23.7 Å². The molecule has 0 unspecified atom stereocenters. The Hall–Kier alpha value is 0. The molecule has 3 aliphatic carbocycles. The minimum Gasteiger partial charge on any atom is -0.0499 e. The van der Waals surface area contributed by atoms with Crippen molar-refractivity contribution in [3.63, 3.8) is 0 Å². The highest BCUT2D eigenvalue weighted by Gasteiger charge is 2.44. The molecule has 0 spiro atoms. The maximum atomic E-state index is 1.60. The first-order valence-corrected chi connectivity index (χ1v) is 4.93. The summed E-state index contributed by atoms with van der Waals surface area (Å²) in [6, 6.07) is 0. The van der Waals surface area contributed by atoms with Crippen molar-refractivity contribution >= 4 is 0 Å². The lowest BCUT2D eigenvalue weighted by atomic mass is 10.0. The van der Waals surface area contributed by atoms with Crippen LogP contribution in [-0.2, 0) is 0 Å². The summed E-state index contributed by atoms with van der Waals surface area (Å²) < 4.78 is 0. The van der Waals surface area contributed by atoms with E-state index in [2.05, 4.69) is 0 Å². The molecule has 0 amide bonds. The van der Waals surface area contributed by atoms with Crippen LogP contribution in [0.2, 0.25) is 0 Å². The zero-order valence-electron chi connectivity index (χ0n) is 6.55. The molecule has 10 heavy (non-hydrogen) atoms. The molecule has 0 aliphatic heterocycles. The van der Waals surface area contributed by atoms with E-state index in [1.54, 1.807) is 38.5 Å². The van der Waals surface area contributed by atoms with Crippen molar-refractivity contribution in [2.45, 2.75) is 38.5 Å². The predicted octanol–water partition coefficient (Wildman–Crippen LogP) is 2.83. The molecule has 0 aromatic rings. The molecular formula is C10H16. The maximum absolute atomic E-state index is 1.60. The van der Waals surface area contributed by atoms with Crippen molar-refractivity contribution in [1.29, 1.82) is 0 Å². The molecule has 4 atom stereocenters. The summed E-state index contributed by atoms with van der Waals surface area (Å²) in [7, 11) is 0. The molecule has 0 aromatic heterocycles. The Morgan fingerprint density at radius 1 is 0.500 bits per heavy atom. The van der Waals surface area contributed by atoms with Gasteiger partial charge in [-0.25, -0.2) is 0 Å². The van der Waals surface area contributed by atoms with E-state index in [4.69, 9.17) is 0 Å². The van der Waals surface area contributed by atoms with Crippen molar-refractivity contribution in [3.05, 3.63) is 0 Å². The number of fused-ring (bicyclic) bond motifs is 2. The maximum Gasteiger partial charge on any atom is -0.0383 e. The smallest absolute Gasteiger partial charge is 0.0383 e. The van der Waals surface area contributed by atoms with Gasteiger partial charge in [-0.1, -0.05) is 0 Å². The average molecular weight is 136 g/mol. The summed E-state index contributed by atoms with van der Waals surface area (Å²) in [5.74, 6) is 4.78. The van der Waals surface area contributed by atoms with Crippen LogP contribution in [-0.4, -0.2) is 0 Å². The molecule has 0 saturated heterocycles. The third-order valence-electron chi connectivity index (χ3n) is 3.95. The summed E-state index contributed by atoms with van der Waals surface area (Å²) >= 11 is 0. The summed E-state index contributed by atoms with van der Waals surface area (Å²) in [4.78, 5) is 0. The van der Waals surface area contributed by atoms with Crippen LogP contribution in [0.1, 0.15) is 38.5 Å². The molecule has 0 radical (unpaired) electrons. The van der Waals surface area contributed by atoms with E-state index in [0.29, 0.717) is 0 Å². The van der Waals surface area contributed by atoms with Crippen LogP contribution in [0.3, 0.4) is 0 Å². The van der Waals surface area contributed by atoms with E-state index >= 15 is 0 Å². The van der Waals surface area contributed by atoms with Crippen molar-refractivity contribution in [3.8, 4) is 0 Å². The molecular weight excluding hydrogens is 120 g/mol. The van der Waals surface area contributed by atoms with Gasteiger partial charge >= 0.3 is 0 Å². The Morgan fingerprint density at radius 3 is 1.10 bits per heavy atom. The van der Waals surface area contributed by atoms with Gasteiger partial charge in [0, 0.05) is 0 Å². The second kappa shape index (κ2) is 1.78. The monoisotopic (exact) mass is 136 g/mol. The van der Waals surface area contributed by atoms with E-state index in [1.807, 2.05) is 0 Å². The molecule has 56 valence electrons. The van der Waals surface area contributed by atoms with Crippen molar-refractivity contribution in [2.24, 2.45) is 23.7 Å². The summed E-state index contributed by atoms with van der Waals surface area (Å²) in [6.45, 7) is 0. The molecule has 3 aliphatic rings. The van der Waals surface area contributed by atoms with Gasteiger partial charge in [0.2, 0.25) is 0 Å². The molecule has 0 aromatic carbocycles. The van der Waals surface area contributed by atoms with Gasteiger partial charge in [-0.15, -0.1) is 0 Å². The van der Waals surface area contributed by atoms with Gasteiger partial charge in [0.05, 0.1) is 0 Å². The Bertz CT molecular complexity index is 116. The highest BCUT2D eigenvalue weighted by Crippen LogP contribution is 2.55. The van der Waals surface area contributed by atoms with E-state index < -0.39 is 0 Å². The highest BCUT2D eigenvalue weighted by molar-refractivity contribution is 4.95. The first kappa shape index (κ1) is 5.62. The molecule has 3 saturated carbocycles. The number of hydrogen-bond donors (Lipinski definition) is 0. The third-order valence-corrected chi connectivity index (χ3v) is 3.95. The van der Waals surface area contributed by atoms with Crippen molar-refractivity contribution in [2.75, 3.05) is 0 Å². The SMILES string of the molecule is C1C[C@H]2C[C@@H]2CC[C@H]2C[C@H]12. The quantitative estimate of drug-likeness (QED) is 0.480. The molecule has 0 N–H and O–H groups in total. The lowest BCUT2D eigenvalue weighted by Gasteiger charge is -2.04. The minimum atomic E-state index is 1.20. The van der Waals surface area contributed by atoms with Crippen LogP contribution in [0.5, 0.6) is 0 Å². The van der Waals surface area contributed by atoms with Crippen LogP contribution in [0.4, 0.5) is 0 Å². The Labute approximate surface area is 63.0 Å². The van der Waals surface area contributed by atoms with E-state index in [9.17, 15) is 0 Å². The van der Waals surface area contributed by atoms with Crippen LogP contribution >= 0.6 is 0 Å². The first-order valence-electron chi connectivity index (χ1n) is 4.93. The van der Waals surface area contributed by atoms with Crippen molar-refractivity contribution < 1.29 is 0 Å². The third kappa shape index (κ3) is 0.810. The first-order chi connectivity index (χ1) is 4.93. The fraction of sp³-hybridized carbons (Fsp3) is 1.00. The largest absolute Gasteiger partial charge is 0.0499 e. The zero-order valence-corrected chi connectivity index (χ0v) is 6.55. The zero-order chi connectivity index (χ0) is 6.55. The van der Waals surface area contributed by atoms with Gasteiger partial charge in [0.1, 0.15) is 0 Å². The lowest BCUT2D eigenvalue weighted by Crippen LogP contribution is -1.93. The van der Waals surface area contributed by atoms with Gasteiger partial charge < -0.3 is 0 Å². The normalized spacial score (nSPS) is 57.6. The van der Waals surface area contributed by atoms with Gasteiger partial charge in [-0.05, 0) is 62.2 Å². The molecule has 0 heterocycles.